The first-order chi connectivity index (χ1) is 2.00. The quantitative estimate of drug-likeness (QED) is 0.359. The van der Waals surface area contributed by atoms with Gasteiger partial charge in [0.05, 0.1) is 0 Å². The smallest absolute Gasteiger partial charge is 0.828 e. The summed E-state index contributed by atoms with van der Waals surface area (Å²) in [5.74, 6) is 0. The van der Waals surface area contributed by atoms with Crippen molar-refractivity contribution in [2.45, 2.75) is 0 Å². The van der Waals surface area contributed by atoms with Crippen LogP contribution in [0.15, 0.2) is 0 Å². The third-order valence-electron chi connectivity index (χ3n) is 0. The molecule has 0 aliphatic carbocycles. The van der Waals surface area contributed by atoms with Crippen LogP contribution in [-0.4, -0.2) is 28.8 Å². The van der Waals surface area contributed by atoms with Crippen LogP contribution in [0.4, 0.5) is 0 Å². The van der Waals surface area contributed by atoms with Crippen molar-refractivity contribution >= 4 is 19.2 Å². The molecule has 0 fully saturated rings. The summed E-state index contributed by atoms with van der Waals surface area (Å²) in [6.45, 7) is 0. The van der Waals surface area contributed by atoms with Crippen molar-refractivity contribution in [3.8, 4) is 0 Å². The van der Waals surface area contributed by atoms with Gasteiger partial charge in [0, 0.05) is 19.5 Å². The Hall–Kier alpha value is 0.849. The fraction of sp³-hybridized carbons (Fsp3) is 0. The topological polar surface area (TPSA) is 86.6 Å². The van der Waals surface area contributed by atoms with E-state index in [1.54, 1.807) is 0 Å². The molecule has 0 atom stereocenters. The van der Waals surface area contributed by atoms with Gasteiger partial charge in [-0.05, 0) is 0 Å². The van der Waals surface area contributed by atoms with Gasteiger partial charge in [-0.15, -0.1) is 0 Å². The molecule has 0 bridgehead atoms. The van der Waals surface area contributed by atoms with E-state index in [9.17, 15) is 0 Å². The molecular weight excluding hydrogens is 166 g/mol. The minimum absolute atomic E-state index is 0. The Balaban J connectivity index is -0.0000000800. The van der Waals surface area contributed by atoms with Crippen LogP contribution in [0.1, 0.15) is 0 Å². The predicted octanol–water partition coefficient (Wildman–Crippen LogP) is -4.26. The Morgan fingerprint density at radius 2 is 1.14 bits per heavy atom. The maximum Gasteiger partial charge on any atom is 2.00 e. The predicted molar refractivity (Wildman–Crippen MR) is 15.9 cm³/mol. The van der Waals surface area contributed by atoms with E-state index in [1.165, 1.54) is 0 Å². The first-order valence-corrected chi connectivity index (χ1v) is 2.57. The Kier molecular flexibility index (Phi) is 11.2. The second-order valence-corrected chi connectivity index (χ2v) is 1.65. The first-order valence-electron chi connectivity index (χ1n) is 0.855. The third kappa shape index (κ3) is 223. The molecule has 34 valence electrons. The van der Waals surface area contributed by atoms with Gasteiger partial charge in [0.15, 0.2) is 0 Å². The molecule has 0 aliphatic heterocycles. The van der Waals surface area contributed by atoms with Crippen molar-refractivity contribution in [3.63, 3.8) is 0 Å². The van der Waals surface area contributed by atoms with Crippen LogP contribution in [0.3, 0.4) is 0 Å². The van der Waals surface area contributed by atoms with E-state index >= 15 is 0 Å². The molecule has 0 amide bonds. The van der Waals surface area contributed by atoms with Crippen molar-refractivity contribution in [1.82, 2.24) is 0 Å². The summed E-state index contributed by atoms with van der Waals surface area (Å²) in [4.78, 5) is 31.8. The molecule has 0 aliphatic rings. The zero-order valence-electron chi connectivity index (χ0n) is 3.63. The van der Waals surface area contributed by atoms with Crippen molar-refractivity contribution in [3.05, 3.63) is 0 Å². The molecular formula is H2BeO4SiZn. The van der Waals surface area contributed by atoms with Crippen molar-refractivity contribution < 1.29 is 38.7 Å². The summed E-state index contributed by atoms with van der Waals surface area (Å²) in [6.07, 6.45) is 0. The Bertz CT molecular complexity index is 27.2. The van der Waals surface area contributed by atoms with E-state index < -0.39 is 9.05 Å². The third-order valence-corrected chi connectivity index (χ3v) is 0. The van der Waals surface area contributed by atoms with Gasteiger partial charge in [-0.25, -0.2) is 0 Å². The van der Waals surface area contributed by atoms with Crippen LogP contribution < -0.4 is 9.59 Å². The standard InChI is InChI=1S/Be.H2O4Si.Zn/c;1-5(2,3)4;/h;1-2H;/q+2;-2;. The molecule has 0 rings (SSSR count). The van der Waals surface area contributed by atoms with Gasteiger partial charge in [0.25, 0.3) is 0 Å². The Morgan fingerprint density at radius 3 is 1.14 bits per heavy atom. The van der Waals surface area contributed by atoms with Gasteiger partial charge in [0.1, 0.15) is 9.05 Å². The fourth-order valence-electron chi connectivity index (χ4n) is 0. The van der Waals surface area contributed by atoms with Crippen LogP contribution in [0, 0.1) is 0 Å². The van der Waals surface area contributed by atoms with Crippen LogP contribution >= 0.6 is 0 Å². The van der Waals surface area contributed by atoms with Crippen molar-refractivity contribution in [2.75, 3.05) is 0 Å². The summed E-state index contributed by atoms with van der Waals surface area (Å²) in [6, 6.07) is 0. The maximum absolute atomic E-state index is 8.80. The van der Waals surface area contributed by atoms with Gasteiger partial charge >= 0.3 is 10.1 Å². The molecule has 7 heteroatoms. The number of rotatable bonds is 0. The molecule has 2 N–H and O–H groups in total. The van der Waals surface area contributed by atoms with Crippen LogP contribution in [0.5, 0.6) is 0 Å². The number of hydrogen-bond donors (Lipinski definition) is 2. The van der Waals surface area contributed by atoms with E-state index in [-0.39, 0.29) is 29.6 Å². The van der Waals surface area contributed by atoms with E-state index in [2.05, 4.69) is 0 Å². The first kappa shape index (κ1) is 15.7. The van der Waals surface area contributed by atoms with Gasteiger partial charge < -0.3 is 19.2 Å². The summed E-state index contributed by atoms with van der Waals surface area (Å²) in [7, 11) is -5.11. The molecule has 7 heavy (non-hydrogen) atoms. The zero-order valence-corrected chi connectivity index (χ0v) is 7.59. The summed E-state index contributed by atoms with van der Waals surface area (Å²) >= 11 is 0. The molecule has 4 nitrogen and oxygen atoms in total. The van der Waals surface area contributed by atoms with Gasteiger partial charge in [-0.1, -0.05) is 0 Å². The van der Waals surface area contributed by atoms with Crippen molar-refractivity contribution in [1.29, 1.82) is 0 Å². The second-order valence-electron chi connectivity index (χ2n) is 0.548. The molecule has 0 aromatic carbocycles. The Labute approximate surface area is 58.3 Å². The average molecular weight is 168 g/mol. The van der Waals surface area contributed by atoms with E-state index in [0.717, 1.165) is 0 Å². The zero-order chi connectivity index (χ0) is 4.50. The Morgan fingerprint density at radius 1 is 1.14 bits per heavy atom. The van der Waals surface area contributed by atoms with E-state index in [0.29, 0.717) is 0 Å². The summed E-state index contributed by atoms with van der Waals surface area (Å²) in [5.41, 5.74) is 0. The largest absolute Gasteiger partial charge is 2.00 e. The molecule has 0 saturated heterocycles. The normalized spacial score (nSPS) is 8.57. The van der Waals surface area contributed by atoms with Crippen LogP contribution in [0.2, 0.25) is 0 Å². The van der Waals surface area contributed by atoms with Crippen LogP contribution in [-0.2, 0) is 19.5 Å². The molecule has 0 saturated carbocycles. The fourth-order valence-corrected chi connectivity index (χ4v) is 0. The molecule has 0 heterocycles. The second kappa shape index (κ2) is 5.00. The van der Waals surface area contributed by atoms with Gasteiger partial charge in [0.2, 0.25) is 0 Å². The molecule has 0 spiro atoms. The number of hydrogen-bond acceptors (Lipinski definition) is 4. The van der Waals surface area contributed by atoms with Gasteiger partial charge in [-0.2, -0.15) is 0 Å². The SMILES string of the molecule is [Be+2].[O-][Si]([O-])(O)O.[Zn]. The monoisotopic (exact) mass is 167 g/mol. The molecule has 0 radical (unpaired) electrons. The minimum Gasteiger partial charge on any atom is -0.828 e. The average Bonchev–Trinajstić information content (AvgIpc) is 0.722. The van der Waals surface area contributed by atoms with E-state index in [4.69, 9.17) is 19.2 Å². The summed E-state index contributed by atoms with van der Waals surface area (Å²) in [5, 5.41) is 0. The van der Waals surface area contributed by atoms with Gasteiger partial charge in [-0.3, -0.25) is 0 Å². The van der Waals surface area contributed by atoms with E-state index in [1.807, 2.05) is 0 Å². The maximum atomic E-state index is 8.80. The molecule has 0 aromatic heterocycles. The molecule has 0 aromatic rings. The summed E-state index contributed by atoms with van der Waals surface area (Å²) < 4.78 is 0. The molecule has 0 unspecified atom stereocenters. The van der Waals surface area contributed by atoms with Crippen LogP contribution in [0.25, 0.3) is 0 Å². The minimum atomic E-state index is -5.11. The van der Waals surface area contributed by atoms with Crippen molar-refractivity contribution in [2.24, 2.45) is 0 Å².